The Morgan fingerprint density at radius 1 is 1.23 bits per heavy atom. The van der Waals surface area contributed by atoms with E-state index in [1.54, 1.807) is 22.9 Å². The SMILES string of the molecule is CC(=O)Cc1cc(-c2cc(C(N)=O)n(-c3ccccc3Cl)c2)c(C)cn1. The van der Waals surface area contributed by atoms with Gasteiger partial charge in [-0.2, -0.15) is 0 Å². The van der Waals surface area contributed by atoms with Crippen LogP contribution in [0.25, 0.3) is 16.8 Å². The molecule has 0 aliphatic heterocycles. The first kappa shape index (κ1) is 17.9. The summed E-state index contributed by atoms with van der Waals surface area (Å²) >= 11 is 6.28. The lowest BCUT2D eigenvalue weighted by Gasteiger charge is -2.08. The monoisotopic (exact) mass is 367 g/mol. The molecule has 3 rings (SSSR count). The predicted molar refractivity (Wildman–Crippen MR) is 102 cm³/mol. The zero-order valence-corrected chi connectivity index (χ0v) is 15.2. The van der Waals surface area contributed by atoms with Crippen LogP contribution >= 0.6 is 11.6 Å². The van der Waals surface area contributed by atoms with Crippen molar-refractivity contribution in [1.29, 1.82) is 0 Å². The normalized spacial score (nSPS) is 10.7. The fourth-order valence-corrected chi connectivity index (χ4v) is 3.10. The summed E-state index contributed by atoms with van der Waals surface area (Å²) in [5, 5.41) is 0.515. The zero-order chi connectivity index (χ0) is 18.8. The van der Waals surface area contributed by atoms with Crippen LogP contribution < -0.4 is 5.73 Å². The van der Waals surface area contributed by atoms with Crippen molar-refractivity contribution in [3.05, 3.63) is 70.8 Å². The molecule has 2 heterocycles. The Labute approximate surface area is 156 Å². The Morgan fingerprint density at radius 2 is 1.96 bits per heavy atom. The van der Waals surface area contributed by atoms with Crippen molar-refractivity contribution < 1.29 is 9.59 Å². The van der Waals surface area contributed by atoms with Crippen molar-refractivity contribution >= 4 is 23.3 Å². The summed E-state index contributed by atoms with van der Waals surface area (Å²) in [6, 6.07) is 10.8. The summed E-state index contributed by atoms with van der Waals surface area (Å²) in [7, 11) is 0. The second-order valence-electron chi connectivity index (χ2n) is 6.17. The highest BCUT2D eigenvalue weighted by atomic mass is 35.5. The summed E-state index contributed by atoms with van der Waals surface area (Å²) in [4.78, 5) is 27.6. The van der Waals surface area contributed by atoms with Crippen LogP contribution in [0.3, 0.4) is 0 Å². The van der Waals surface area contributed by atoms with E-state index in [1.165, 1.54) is 6.92 Å². The van der Waals surface area contributed by atoms with E-state index in [0.717, 1.165) is 16.7 Å². The molecule has 0 spiro atoms. The number of pyridine rings is 1. The third-order valence-corrected chi connectivity index (χ3v) is 4.40. The van der Waals surface area contributed by atoms with Crippen molar-refractivity contribution in [2.24, 2.45) is 5.73 Å². The quantitative estimate of drug-likeness (QED) is 0.746. The van der Waals surface area contributed by atoms with Gasteiger partial charge in [-0.3, -0.25) is 14.6 Å². The van der Waals surface area contributed by atoms with Gasteiger partial charge in [-0.05, 0) is 49.2 Å². The van der Waals surface area contributed by atoms with Crippen molar-refractivity contribution in [1.82, 2.24) is 9.55 Å². The average molecular weight is 368 g/mol. The van der Waals surface area contributed by atoms with Crippen molar-refractivity contribution in [3.8, 4) is 16.8 Å². The molecule has 0 bridgehead atoms. The number of ketones is 1. The third kappa shape index (κ3) is 3.53. The molecule has 2 N–H and O–H groups in total. The van der Waals surface area contributed by atoms with Crippen LogP contribution in [0, 0.1) is 6.92 Å². The first-order valence-corrected chi connectivity index (χ1v) is 8.47. The first-order chi connectivity index (χ1) is 12.4. The zero-order valence-electron chi connectivity index (χ0n) is 14.5. The largest absolute Gasteiger partial charge is 0.364 e. The molecule has 0 radical (unpaired) electrons. The van der Waals surface area contributed by atoms with E-state index in [0.29, 0.717) is 22.1 Å². The van der Waals surface area contributed by atoms with E-state index in [-0.39, 0.29) is 12.2 Å². The van der Waals surface area contributed by atoms with Gasteiger partial charge in [0.15, 0.2) is 0 Å². The van der Waals surface area contributed by atoms with Gasteiger partial charge in [0.1, 0.15) is 11.5 Å². The predicted octanol–water partition coefficient (Wildman–Crippen LogP) is 3.73. The highest BCUT2D eigenvalue weighted by Crippen LogP contribution is 2.30. The maximum Gasteiger partial charge on any atom is 0.265 e. The Hall–Kier alpha value is -2.92. The van der Waals surface area contributed by atoms with E-state index < -0.39 is 5.91 Å². The summed E-state index contributed by atoms with van der Waals surface area (Å²) in [6.45, 7) is 3.46. The number of halogens is 1. The Kier molecular flexibility index (Phi) is 4.91. The second kappa shape index (κ2) is 7.14. The number of aryl methyl sites for hydroxylation is 1. The van der Waals surface area contributed by atoms with Gasteiger partial charge >= 0.3 is 0 Å². The number of amides is 1. The number of para-hydroxylation sites is 1. The minimum atomic E-state index is -0.549. The van der Waals surface area contributed by atoms with Crippen LogP contribution in [-0.2, 0) is 11.2 Å². The van der Waals surface area contributed by atoms with Crippen molar-refractivity contribution in [2.45, 2.75) is 20.3 Å². The van der Waals surface area contributed by atoms with Crippen LogP contribution in [0.15, 0.2) is 48.8 Å². The number of nitrogens with two attached hydrogens (primary N) is 1. The number of hydrogen-bond donors (Lipinski definition) is 1. The Morgan fingerprint density at radius 3 is 2.62 bits per heavy atom. The summed E-state index contributed by atoms with van der Waals surface area (Å²) < 4.78 is 1.69. The number of Topliss-reactive ketones (excluding diaryl/α,β-unsaturated/α-hetero) is 1. The van der Waals surface area contributed by atoms with E-state index in [1.807, 2.05) is 37.4 Å². The summed E-state index contributed by atoms with van der Waals surface area (Å²) in [6.07, 6.45) is 3.81. The van der Waals surface area contributed by atoms with Crippen LogP contribution in [0.5, 0.6) is 0 Å². The minimum Gasteiger partial charge on any atom is -0.364 e. The Balaban J connectivity index is 2.16. The molecule has 0 unspecified atom stereocenters. The van der Waals surface area contributed by atoms with Gasteiger partial charge < -0.3 is 10.3 Å². The lowest BCUT2D eigenvalue weighted by molar-refractivity contribution is -0.116. The summed E-state index contributed by atoms with van der Waals surface area (Å²) in [5.41, 5.74) is 9.89. The molecule has 0 aliphatic rings. The topological polar surface area (TPSA) is 78.0 Å². The molecular formula is C20H18ClN3O2. The fourth-order valence-electron chi connectivity index (χ4n) is 2.88. The molecule has 0 saturated carbocycles. The molecule has 3 aromatic rings. The fraction of sp³-hybridized carbons (Fsp3) is 0.150. The number of carbonyl (C=O) groups is 2. The number of rotatable bonds is 5. The third-order valence-electron chi connectivity index (χ3n) is 4.09. The van der Waals surface area contributed by atoms with Gasteiger partial charge in [0.25, 0.3) is 5.91 Å². The second-order valence-corrected chi connectivity index (χ2v) is 6.58. The molecule has 132 valence electrons. The lowest BCUT2D eigenvalue weighted by atomic mass is 10.0. The maximum absolute atomic E-state index is 11.9. The minimum absolute atomic E-state index is 0.0405. The molecule has 2 aromatic heterocycles. The Bertz CT molecular complexity index is 1010. The number of benzene rings is 1. The van der Waals surface area contributed by atoms with Gasteiger partial charge in [0.2, 0.25) is 0 Å². The molecule has 0 atom stereocenters. The number of hydrogen-bond acceptors (Lipinski definition) is 3. The molecule has 1 amide bonds. The lowest BCUT2D eigenvalue weighted by Crippen LogP contribution is -2.15. The molecule has 26 heavy (non-hydrogen) atoms. The van der Waals surface area contributed by atoms with E-state index in [9.17, 15) is 9.59 Å². The van der Waals surface area contributed by atoms with Crippen LogP contribution in [-0.4, -0.2) is 21.2 Å². The summed E-state index contributed by atoms with van der Waals surface area (Å²) in [5.74, 6) is -0.509. The maximum atomic E-state index is 11.9. The van der Waals surface area contributed by atoms with Gasteiger partial charge in [0, 0.05) is 30.1 Å². The molecular weight excluding hydrogens is 350 g/mol. The van der Waals surface area contributed by atoms with Gasteiger partial charge in [0.05, 0.1) is 10.7 Å². The van der Waals surface area contributed by atoms with Crippen LogP contribution in [0.1, 0.15) is 28.7 Å². The van der Waals surface area contributed by atoms with Gasteiger partial charge in [-0.1, -0.05) is 23.7 Å². The number of primary amides is 1. The van der Waals surface area contributed by atoms with Crippen molar-refractivity contribution in [3.63, 3.8) is 0 Å². The van der Waals surface area contributed by atoms with Gasteiger partial charge in [-0.25, -0.2) is 0 Å². The van der Waals surface area contributed by atoms with Crippen LogP contribution in [0.4, 0.5) is 0 Å². The standard InChI is InChI=1S/C20H18ClN3O2/c1-12-10-23-15(7-13(2)25)9-16(12)14-8-19(20(22)26)24(11-14)18-6-4-3-5-17(18)21/h3-6,8-11H,7H2,1-2H3,(H2,22,26). The van der Waals surface area contributed by atoms with E-state index >= 15 is 0 Å². The number of carbonyl (C=O) groups excluding carboxylic acids is 2. The highest BCUT2D eigenvalue weighted by Gasteiger charge is 2.16. The first-order valence-electron chi connectivity index (χ1n) is 8.09. The number of nitrogens with zero attached hydrogens (tertiary/aromatic N) is 2. The molecule has 0 aliphatic carbocycles. The molecule has 0 saturated heterocycles. The van der Waals surface area contributed by atoms with E-state index in [2.05, 4.69) is 4.98 Å². The van der Waals surface area contributed by atoms with Crippen LogP contribution in [0.2, 0.25) is 5.02 Å². The number of aromatic nitrogens is 2. The van der Waals surface area contributed by atoms with Gasteiger partial charge in [-0.15, -0.1) is 0 Å². The molecule has 1 aromatic carbocycles. The molecule has 5 nitrogen and oxygen atoms in total. The molecule has 6 heteroatoms. The molecule has 0 fully saturated rings. The highest BCUT2D eigenvalue weighted by molar-refractivity contribution is 6.32. The van der Waals surface area contributed by atoms with Crippen molar-refractivity contribution in [2.75, 3.05) is 0 Å². The smallest absolute Gasteiger partial charge is 0.265 e. The average Bonchev–Trinajstić information content (AvgIpc) is 3.01. The van der Waals surface area contributed by atoms with E-state index in [4.69, 9.17) is 17.3 Å².